The van der Waals surface area contributed by atoms with Gasteiger partial charge in [0.05, 0.1) is 20.3 Å². The number of fused-ring (bicyclic) bond motifs is 4. The van der Waals surface area contributed by atoms with Crippen molar-refractivity contribution in [2.75, 3.05) is 14.2 Å². The van der Waals surface area contributed by atoms with Gasteiger partial charge >= 0.3 is 0 Å². The highest BCUT2D eigenvalue weighted by atomic mass is 16.5. The van der Waals surface area contributed by atoms with Crippen molar-refractivity contribution in [3.63, 3.8) is 0 Å². The number of methoxy groups -OCH3 is 2. The number of aromatic hydroxyl groups is 2. The fraction of sp³-hybridized carbons (Fsp3) is 0.222. The molecule has 7 nitrogen and oxygen atoms in total. The van der Waals surface area contributed by atoms with Gasteiger partial charge in [-0.05, 0) is 129 Å². The molecule has 1 aromatic heterocycles. The molecule has 6 aromatic carbocycles. The molecule has 0 amide bonds. The molecule has 264 valence electrons. The maximum Gasteiger partial charge on any atom is 0.160 e. The molecule has 52 heavy (non-hydrogen) atoms. The smallest absolute Gasteiger partial charge is 0.160 e. The highest BCUT2D eigenvalue weighted by Crippen LogP contribution is 2.33. The van der Waals surface area contributed by atoms with Crippen molar-refractivity contribution in [1.82, 2.24) is 4.98 Å². The molecular weight excluding hydrogens is 650 g/mol. The Morgan fingerprint density at radius 2 is 1.19 bits per heavy atom. The van der Waals surface area contributed by atoms with Crippen LogP contribution in [0.4, 0.5) is 0 Å². The van der Waals surface area contributed by atoms with E-state index in [0.717, 1.165) is 33.0 Å². The highest BCUT2D eigenvalue weighted by Gasteiger charge is 2.28. The summed E-state index contributed by atoms with van der Waals surface area (Å²) in [5.74, 6) is 0.0629. The van der Waals surface area contributed by atoms with Gasteiger partial charge in [-0.15, -0.1) is 0 Å². The van der Waals surface area contributed by atoms with Gasteiger partial charge in [0.15, 0.2) is 23.0 Å². The second-order valence-electron chi connectivity index (χ2n) is 13.8. The van der Waals surface area contributed by atoms with Gasteiger partial charge in [0.1, 0.15) is 5.78 Å². The number of carbonyl (C=O) groups excluding carboxylic acids is 1. The molecule has 7 rings (SSSR count). The van der Waals surface area contributed by atoms with Crippen LogP contribution in [-0.2, 0) is 30.5 Å². The summed E-state index contributed by atoms with van der Waals surface area (Å²) >= 11 is 0. The van der Waals surface area contributed by atoms with Crippen LogP contribution in [0.5, 0.6) is 23.0 Å². The summed E-state index contributed by atoms with van der Waals surface area (Å²) in [6.45, 7) is 0. The lowest BCUT2D eigenvalue weighted by atomic mass is 9.82. The number of nitrogens with one attached hydrogen (secondary N) is 1. The minimum atomic E-state index is -0.920. The average molecular weight is 694 g/mol. The highest BCUT2D eigenvalue weighted by molar-refractivity contribution is 6.12. The van der Waals surface area contributed by atoms with E-state index in [1.165, 1.54) is 35.8 Å². The molecule has 0 aliphatic carbocycles. The molecular formula is C45H43NO6. The minimum Gasteiger partial charge on any atom is -0.504 e. The minimum absolute atomic E-state index is 0.0184. The summed E-state index contributed by atoms with van der Waals surface area (Å²) in [6.07, 6.45) is 4.78. The third-order valence-corrected chi connectivity index (χ3v) is 10.3. The number of aromatic amines is 1. The van der Waals surface area contributed by atoms with Crippen LogP contribution in [0.15, 0.2) is 122 Å². The topological polar surface area (TPSA) is 112 Å². The van der Waals surface area contributed by atoms with Crippen molar-refractivity contribution in [1.29, 1.82) is 0 Å². The van der Waals surface area contributed by atoms with Gasteiger partial charge in [-0.25, -0.2) is 0 Å². The number of aromatic nitrogens is 1. The first-order chi connectivity index (χ1) is 25.3. The first-order valence-corrected chi connectivity index (χ1v) is 17.7. The Bertz CT molecular complexity index is 2350. The second kappa shape index (κ2) is 15.2. The Morgan fingerprint density at radius 1 is 0.615 bits per heavy atom. The van der Waals surface area contributed by atoms with Crippen molar-refractivity contribution in [3.05, 3.63) is 144 Å². The lowest BCUT2D eigenvalue weighted by molar-refractivity contribution is -0.125. The van der Waals surface area contributed by atoms with Crippen LogP contribution in [0, 0.1) is 11.8 Å². The fourth-order valence-corrected chi connectivity index (χ4v) is 7.47. The van der Waals surface area contributed by atoms with Crippen molar-refractivity contribution < 1.29 is 29.6 Å². The zero-order valence-electron chi connectivity index (χ0n) is 29.4. The predicted molar refractivity (Wildman–Crippen MR) is 206 cm³/mol. The summed E-state index contributed by atoms with van der Waals surface area (Å²) in [4.78, 5) is 17.4. The van der Waals surface area contributed by atoms with E-state index in [2.05, 4.69) is 71.7 Å². The third kappa shape index (κ3) is 7.60. The lowest BCUT2D eigenvalue weighted by Gasteiger charge is -2.25. The third-order valence-electron chi connectivity index (χ3n) is 10.3. The molecule has 4 N–H and O–H groups in total. The van der Waals surface area contributed by atoms with E-state index in [4.69, 9.17) is 9.47 Å². The quantitative estimate of drug-likeness (QED) is 0.0670. The Balaban J connectivity index is 1.18. The first kappa shape index (κ1) is 34.6. The van der Waals surface area contributed by atoms with E-state index < -0.39 is 12.0 Å². The Morgan fingerprint density at radius 3 is 1.83 bits per heavy atom. The van der Waals surface area contributed by atoms with Crippen LogP contribution in [0.25, 0.3) is 32.3 Å². The summed E-state index contributed by atoms with van der Waals surface area (Å²) in [5.41, 5.74) is 3.82. The predicted octanol–water partition coefficient (Wildman–Crippen LogP) is 8.73. The van der Waals surface area contributed by atoms with Crippen LogP contribution in [0.2, 0.25) is 0 Å². The molecule has 1 heterocycles. The largest absolute Gasteiger partial charge is 0.504 e. The van der Waals surface area contributed by atoms with Gasteiger partial charge < -0.3 is 29.8 Å². The molecule has 0 fully saturated rings. The van der Waals surface area contributed by atoms with Crippen LogP contribution in [0.3, 0.4) is 0 Å². The molecule has 3 unspecified atom stereocenters. The van der Waals surface area contributed by atoms with E-state index >= 15 is 0 Å². The average Bonchev–Trinajstić information content (AvgIpc) is 3.68. The van der Waals surface area contributed by atoms with Gasteiger partial charge in [0, 0.05) is 24.7 Å². The van der Waals surface area contributed by atoms with E-state index in [0.29, 0.717) is 37.2 Å². The van der Waals surface area contributed by atoms with Crippen LogP contribution >= 0.6 is 0 Å². The number of H-pyrrole nitrogens is 1. The molecule has 0 bridgehead atoms. The number of Topliss-reactive ketones (excluding diaryl/α,β-unsaturated/α-hetero) is 1. The maximum atomic E-state index is 14.4. The lowest BCUT2D eigenvalue weighted by Crippen LogP contribution is -2.31. The van der Waals surface area contributed by atoms with E-state index in [1.807, 2.05) is 30.6 Å². The first-order valence-electron chi connectivity index (χ1n) is 17.7. The van der Waals surface area contributed by atoms with E-state index in [1.54, 1.807) is 24.3 Å². The summed E-state index contributed by atoms with van der Waals surface area (Å²) in [7, 11) is 3.01. The van der Waals surface area contributed by atoms with E-state index in [9.17, 15) is 20.1 Å². The van der Waals surface area contributed by atoms with Gasteiger partial charge in [-0.3, -0.25) is 4.79 Å². The summed E-state index contributed by atoms with van der Waals surface area (Å²) in [5, 5.41) is 39.2. The molecule has 0 aliphatic heterocycles. The number of ketones is 1. The number of aliphatic hydroxyl groups is 1. The van der Waals surface area contributed by atoms with Gasteiger partial charge in [0.2, 0.25) is 0 Å². The Kier molecular flexibility index (Phi) is 10.1. The molecule has 0 radical (unpaired) electrons. The number of hydrogen-bond acceptors (Lipinski definition) is 6. The summed E-state index contributed by atoms with van der Waals surface area (Å²) in [6, 6.07) is 35.9. The van der Waals surface area contributed by atoms with E-state index in [-0.39, 0.29) is 29.6 Å². The number of hydrogen-bond donors (Lipinski definition) is 4. The van der Waals surface area contributed by atoms with Crippen LogP contribution in [0.1, 0.15) is 28.7 Å². The van der Waals surface area contributed by atoms with Gasteiger partial charge in [-0.2, -0.15) is 0 Å². The number of aliphatic hydroxyl groups excluding tert-OH is 1. The Hall–Kier alpha value is -5.79. The fourth-order valence-electron chi connectivity index (χ4n) is 7.47. The van der Waals surface area contributed by atoms with Crippen LogP contribution in [-0.4, -0.2) is 46.4 Å². The number of phenolic OH excluding ortho intramolecular Hbond substituents is 2. The molecule has 7 heteroatoms. The van der Waals surface area contributed by atoms with Gasteiger partial charge in [-0.1, -0.05) is 66.7 Å². The number of ether oxygens (including phenoxy) is 2. The molecule has 0 spiro atoms. The molecule has 0 saturated carbocycles. The normalized spacial score (nSPS) is 13.3. The van der Waals surface area contributed by atoms with Gasteiger partial charge in [0.25, 0.3) is 0 Å². The number of rotatable bonds is 14. The van der Waals surface area contributed by atoms with Crippen molar-refractivity contribution in [2.24, 2.45) is 11.8 Å². The SMILES string of the molecule is COc1cc(CC(Cc2ccc3c(ccc4cc5ccccc5cc43)c2)C(=O)CC(O)C(Cc2cc[nH]c2)Cc2ccc(O)c(OC)c2)ccc1O. The van der Waals surface area contributed by atoms with Crippen molar-refractivity contribution >= 4 is 38.1 Å². The van der Waals surface area contributed by atoms with Crippen LogP contribution < -0.4 is 9.47 Å². The number of phenols is 2. The zero-order chi connectivity index (χ0) is 36.2. The maximum absolute atomic E-state index is 14.4. The molecule has 0 saturated heterocycles. The molecule has 0 aliphatic rings. The Labute approximate surface area is 303 Å². The molecule has 7 aromatic rings. The summed E-state index contributed by atoms with van der Waals surface area (Å²) < 4.78 is 10.7. The molecule has 3 atom stereocenters. The number of carbonyl (C=O) groups is 1. The van der Waals surface area contributed by atoms with Crippen molar-refractivity contribution in [2.45, 2.75) is 38.2 Å². The zero-order valence-corrected chi connectivity index (χ0v) is 29.4. The number of benzene rings is 6. The van der Waals surface area contributed by atoms with Crippen molar-refractivity contribution in [3.8, 4) is 23.0 Å². The monoisotopic (exact) mass is 693 g/mol. The second-order valence-corrected chi connectivity index (χ2v) is 13.8. The standard InChI is InChI=1S/C45H43NO6/c1-51-44-22-29(8-13-40(44)47)19-36(18-28-7-12-38-34(17-28)10-11-35-24-32-5-3-4-6-33(32)25-39(35)38)42(49)26-43(50)37(21-31-15-16-46-27-31)20-30-9-14-41(48)45(23-30)52-2/h3-17,22-25,27,36-37,43,46-48,50H,18-21,26H2,1-2H3.